The van der Waals surface area contributed by atoms with Gasteiger partial charge in [-0.1, -0.05) is 18.6 Å². The van der Waals surface area contributed by atoms with Crippen molar-refractivity contribution in [3.8, 4) is 5.75 Å². The summed E-state index contributed by atoms with van der Waals surface area (Å²) in [6.45, 7) is 0.884. The van der Waals surface area contributed by atoms with Gasteiger partial charge in [-0.25, -0.2) is 0 Å². The highest BCUT2D eigenvalue weighted by Gasteiger charge is 2.27. The molecule has 6 nitrogen and oxygen atoms in total. The maximum Gasteiger partial charge on any atom is 0.225 e. The summed E-state index contributed by atoms with van der Waals surface area (Å²) in [5, 5.41) is 8.98. The summed E-state index contributed by atoms with van der Waals surface area (Å²) >= 11 is 0. The zero-order valence-electron chi connectivity index (χ0n) is 17.2. The number of benzene rings is 2. The van der Waals surface area contributed by atoms with Crippen LogP contribution in [0.1, 0.15) is 44.1 Å². The summed E-state index contributed by atoms with van der Waals surface area (Å²) in [4.78, 5) is 23.3. The molecule has 2 amide bonds. The number of ether oxygens (including phenoxy) is 1. The molecule has 3 N–H and O–H groups in total. The second-order valence-corrected chi connectivity index (χ2v) is 8.15. The lowest BCUT2D eigenvalue weighted by Crippen LogP contribution is -2.31. The Labute approximate surface area is 177 Å². The van der Waals surface area contributed by atoms with Gasteiger partial charge in [-0.3, -0.25) is 9.59 Å². The number of carbonyl (C=O) groups excluding carboxylic acids is 2. The maximum atomic E-state index is 12.1. The van der Waals surface area contributed by atoms with Gasteiger partial charge in [0.15, 0.2) is 0 Å². The smallest absolute Gasteiger partial charge is 0.225 e. The fourth-order valence-corrected chi connectivity index (χ4v) is 3.99. The second kappa shape index (κ2) is 9.65. The molecule has 4 rings (SSSR count). The highest BCUT2D eigenvalue weighted by molar-refractivity contribution is 5.89. The Morgan fingerprint density at radius 2 is 1.63 bits per heavy atom. The molecule has 0 aromatic heterocycles. The van der Waals surface area contributed by atoms with E-state index in [0.717, 1.165) is 35.5 Å². The van der Waals surface area contributed by atoms with Gasteiger partial charge in [0, 0.05) is 30.9 Å². The van der Waals surface area contributed by atoms with Crippen LogP contribution in [0.5, 0.6) is 5.75 Å². The summed E-state index contributed by atoms with van der Waals surface area (Å²) in [5.74, 6) is 0.534. The number of anilines is 2. The van der Waals surface area contributed by atoms with E-state index in [9.17, 15) is 9.59 Å². The van der Waals surface area contributed by atoms with Crippen molar-refractivity contribution in [2.24, 2.45) is 5.92 Å². The van der Waals surface area contributed by atoms with Gasteiger partial charge in [0.05, 0.1) is 12.0 Å². The minimum atomic E-state index is -0.261. The molecule has 1 unspecified atom stereocenters. The highest BCUT2D eigenvalue weighted by Crippen LogP contribution is 2.25. The Morgan fingerprint density at radius 3 is 2.27 bits per heavy atom. The lowest BCUT2D eigenvalue weighted by molar-refractivity contribution is -0.126. The van der Waals surface area contributed by atoms with E-state index in [1.165, 1.54) is 19.3 Å². The van der Waals surface area contributed by atoms with Crippen LogP contribution in [0.2, 0.25) is 0 Å². The van der Waals surface area contributed by atoms with Crippen LogP contribution in [0, 0.1) is 5.92 Å². The number of rotatable bonds is 7. The molecule has 30 heavy (non-hydrogen) atoms. The van der Waals surface area contributed by atoms with Crippen LogP contribution >= 0.6 is 0 Å². The average Bonchev–Trinajstić information content (AvgIpc) is 3.22. The van der Waals surface area contributed by atoms with Crippen LogP contribution in [0.4, 0.5) is 11.4 Å². The molecule has 158 valence electrons. The van der Waals surface area contributed by atoms with Crippen LogP contribution in [0.25, 0.3) is 0 Å². The molecule has 1 saturated heterocycles. The average molecular weight is 408 g/mol. The first kappa shape index (κ1) is 20.3. The molecule has 2 fully saturated rings. The molecule has 2 aliphatic rings. The molecule has 2 aromatic carbocycles. The quantitative estimate of drug-likeness (QED) is 0.651. The van der Waals surface area contributed by atoms with Crippen LogP contribution in [-0.2, 0) is 16.1 Å². The van der Waals surface area contributed by atoms with Gasteiger partial charge in [-0.2, -0.15) is 0 Å². The lowest BCUT2D eigenvalue weighted by atomic mass is 9.98. The highest BCUT2D eigenvalue weighted by atomic mass is 16.5. The summed E-state index contributed by atoms with van der Waals surface area (Å²) in [5.41, 5.74) is 3.00. The SMILES string of the molecule is O=C1CC(C(=O)NCc2ccc(Nc3ccc(OC4CCCCC4)cc3)cc2)CN1. The normalized spacial score (nSPS) is 19.2. The molecule has 1 atom stereocenters. The minimum absolute atomic E-state index is 0.0563. The van der Waals surface area contributed by atoms with Crippen molar-refractivity contribution >= 4 is 23.2 Å². The zero-order valence-corrected chi connectivity index (χ0v) is 17.2. The first-order valence-electron chi connectivity index (χ1n) is 10.8. The first-order valence-corrected chi connectivity index (χ1v) is 10.8. The van der Waals surface area contributed by atoms with E-state index in [2.05, 4.69) is 16.0 Å². The molecule has 2 aromatic rings. The lowest BCUT2D eigenvalue weighted by Gasteiger charge is -2.23. The molecule has 1 aliphatic carbocycles. The van der Waals surface area contributed by atoms with Crippen LogP contribution < -0.4 is 20.7 Å². The molecule has 6 heteroatoms. The third kappa shape index (κ3) is 5.53. The predicted molar refractivity (Wildman–Crippen MR) is 117 cm³/mol. The van der Waals surface area contributed by atoms with Crippen molar-refractivity contribution in [3.05, 3.63) is 54.1 Å². The fourth-order valence-electron chi connectivity index (χ4n) is 3.99. The summed E-state index contributed by atoms with van der Waals surface area (Å²) in [6, 6.07) is 16.1. The molecule has 1 heterocycles. The van der Waals surface area contributed by atoms with E-state index in [4.69, 9.17) is 4.74 Å². The van der Waals surface area contributed by atoms with Crippen LogP contribution in [0.15, 0.2) is 48.5 Å². The zero-order chi connectivity index (χ0) is 20.8. The molecule has 1 saturated carbocycles. The Balaban J connectivity index is 1.25. The first-order chi connectivity index (χ1) is 14.7. The predicted octanol–water partition coefficient (Wildman–Crippen LogP) is 3.89. The van der Waals surface area contributed by atoms with Gasteiger partial charge in [0.1, 0.15) is 5.75 Å². The Bertz CT molecular complexity index is 858. The van der Waals surface area contributed by atoms with Gasteiger partial charge in [0.25, 0.3) is 0 Å². The number of nitrogens with one attached hydrogen (secondary N) is 3. The summed E-state index contributed by atoms with van der Waals surface area (Å²) < 4.78 is 6.08. The number of hydrogen-bond donors (Lipinski definition) is 3. The second-order valence-electron chi connectivity index (χ2n) is 8.15. The van der Waals surface area contributed by atoms with Gasteiger partial charge < -0.3 is 20.7 Å². The van der Waals surface area contributed by atoms with Crippen molar-refractivity contribution in [2.75, 3.05) is 11.9 Å². The van der Waals surface area contributed by atoms with Gasteiger partial charge in [-0.15, -0.1) is 0 Å². The van der Waals surface area contributed by atoms with Crippen LogP contribution in [0.3, 0.4) is 0 Å². The monoisotopic (exact) mass is 407 g/mol. The summed E-state index contributed by atoms with van der Waals surface area (Å²) in [6.07, 6.45) is 6.80. The Kier molecular flexibility index (Phi) is 6.52. The fraction of sp³-hybridized carbons (Fsp3) is 0.417. The Hall–Kier alpha value is -3.02. The third-order valence-electron chi connectivity index (χ3n) is 5.77. The topological polar surface area (TPSA) is 79.5 Å². The molecule has 0 radical (unpaired) electrons. The van der Waals surface area contributed by atoms with Gasteiger partial charge in [0.2, 0.25) is 11.8 Å². The van der Waals surface area contributed by atoms with Crippen LogP contribution in [-0.4, -0.2) is 24.5 Å². The molecular weight excluding hydrogens is 378 g/mol. The number of carbonyl (C=O) groups is 2. The van der Waals surface area contributed by atoms with E-state index in [1.807, 2.05) is 48.5 Å². The van der Waals surface area contributed by atoms with Crippen molar-refractivity contribution < 1.29 is 14.3 Å². The van der Waals surface area contributed by atoms with E-state index in [1.54, 1.807) is 0 Å². The molecule has 0 bridgehead atoms. The minimum Gasteiger partial charge on any atom is -0.490 e. The number of hydrogen-bond acceptors (Lipinski definition) is 4. The van der Waals surface area contributed by atoms with E-state index in [-0.39, 0.29) is 24.2 Å². The van der Waals surface area contributed by atoms with Gasteiger partial charge >= 0.3 is 0 Å². The Morgan fingerprint density at radius 1 is 0.967 bits per heavy atom. The van der Waals surface area contributed by atoms with Crippen molar-refractivity contribution in [1.82, 2.24) is 10.6 Å². The molecule has 0 spiro atoms. The van der Waals surface area contributed by atoms with E-state index < -0.39 is 0 Å². The maximum absolute atomic E-state index is 12.1. The van der Waals surface area contributed by atoms with E-state index in [0.29, 0.717) is 19.2 Å². The third-order valence-corrected chi connectivity index (χ3v) is 5.77. The van der Waals surface area contributed by atoms with E-state index >= 15 is 0 Å². The van der Waals surface area contributed by atoms with Crippen molar-refractivity contribution in [1.29, 1.82) is 0 Å². The molecule has 1 aliphatic heterocycles. The van der Waals surface area contributed by atoms with Crippen molar-refractivity contribution in [3.63, 3.8) is 0 Å². The number of amides is 2. The van der Waals surface area contributed by atoms with Crippen molar-refractivity contribution in [2.45, 2.75) is 51.2 Å². The largest absolute Gasteiger partial charge is 0.490 e. The summed E-state index contributed by atoms with van der Waals surface area (Å²) in [7, 11) is 0. The molecular formula is C24H29N3O3. The standard InChI is InChI=1S/C24H29N3O3/c28-23-14-18(16-25-23)24(29)26-15-17-6-8-19(9-7-17)27-20-10-12-22(13-11-20)30-21-4-2-1-3-5-21/h6-13,18,21,27H,1-5,14-16H2,(H,25,28)(H,26,29). The van der Waals surface area contributed by atoms with Gasteiger partial charge in [-0.05, 0) is 67.6 Å².